The molecule has 2 aromatic heterocycles. The summed E-state index contributed by atoms with van der Waals surface area (Å²) in [5.41, 5.74) is 2.64. The van der Waals surface area contributed by atoms with Crippen molar-refractivity contribution in [2.24, 2.45) is 5.92 Å². The van der Waals surface area contributed by atoms with Crippen LogP contribution in [-0.2, 0) is 12.4 Å². The van der Waals surface area contributed by atoms with E-state index < -0.39 is 5.63 Å². The van der Waals surface area contributed by atoms with Crippen LogP contribution in [0.15, 0.2) is 92.9 Å². The third-order valence-electron chi connectivity index (χ3n) is 5.39. The standard InChI is InChI=1S/C28H28O5S/c1-19(2)14-26(34-18-20-6-4-3-5-7-20)27-24(29)15-25(33-28(27)30)22-8-10-23(11-9-22)32-17-21-12-13-31-16-21/h3-13,15-16,19,26,29H,14,17-18H2,1-2H3. The van der Waals surface area contributed by atoms with Gasteiger partial charge in [-0.2, -0.15) is 0 Å². The Morgan fingerprint density at radius 1 is 1.00 bits per heavy atom. The van der Waals surface area contributed by atoms with Crippen LogP contribution in [0.25, 0.3) is 11.3 Å². The molecule has 0 bridgehead atoms. The lowest BCUT2D eigenvalue weighted by atomic mass is 10.0. The zero-order chi connectivity index (χ0) is 23.9. The summed E-state index contributed by atoms with van der Waals surface area (Å²) >= 11 is 1.65. The molecule has 5 nitrogen and oxygen atoms in total. The van der Waals surface area contributed by atoms with Crippen LogP contribution in [0.4, 0.5) is 0 Å². The van der Waals surface area contributed by atoms with E-state index in [1.807, 2.05) is 24.3 Å². The van der Waals surface area contributed by atoms with Gasteiger partial charge in [-0.25, -0.2) is 4.79 Å². The largest absolute Gasteiger partial charge is 0.507 e. The zero-order valence-electron chi connectivity index (χ0n) is 19.3. The molecular formula is C28H28O5S. The number of hydrogen-bond donors (Lipinski definition) is 1. The van der Waals surface area contributed by atoms with Crippen molar-refractivity contribution in [3.63, 3.8) is 0 Å². The molecule has 0 aliphatic rings. The van der Waals surface area contributed by atoms with Crippen molar-refractivity contribution in [1.82, 2.24) is 0 Å². The first-order valence-electron chi connectivity index (χ1n) is 11.3. The van der Waals surface area contributed by atoms with Crippen LogP contribution in [0, 0.1) is 5.92 Å². The van der Waals surface area contributed by atoms with Crippen LogP contribution in [0.2, 0.25) is 0 Å². The number of ether oxygens (including phenoxy) is 1. The number of thioether (sulfide) groups is 1. The smallest absolute Gasteiger partial charge is 0.344 e. The number of rotatable bonds is 10. The number of benzene rings is 2. The second-order valence-electron chi connectivity index (χ2n) is 8.56. The van der Waals surface area contributed by atoms with E-state index in [9.17, 15) is 9.90 Å². The van der Waals surface area contributed by atoms with Gasteiger partial charge in [0.1, 0.15) is 23.9 Å². The maximum atomic E-state index is 13.0. The van der Waals surface area contributed by atoms with Crippen molar-refractivity contribution in [3.05, 3.63) is 106 Å². The lowest BCUT2D eigenvalue weighted by Gasteiger charge is -2.19. The topological polar surface area (TPSA) is 72.8 Å². The molecule has 0 amide bonds. The Morgan fingerprint density at radius 3 is 2.41 bits per heavy atom. The van der Waals surface area contributed by atoms with Crippen molar-refractivity contribution in [2.75, 3.05) is 0 Å². The average Bonchev–Trinajstić information content (AvgIpc) is 3.35. The van der Waals surface area contributed by atoms with Gasteiger partial charge in [0.05, 0.1) is 18.1 Å². The summed E-state index contributed by atoms with van der Waals surface area (Å²) in [6, 6.07) is 20.7. The Morgan fingerprint density at radius 2 is 1.76 bits per heavy atom. The van der Waals surface area contributed by atoms with Crippen molar-refractivity contribution < 1.29 is 18.7 Å². The van der Waals surface area contributed by atoms with E-state index in [1.54, 1.807) is 48.6 Å². The molecule has 0 aliphatic heterocycles. The van der Waals surface area contributed by atoms with E-state index in [4.69, 9.17) is 13.6 Å². The van der Waals surface area contributed by atoms with E-state index in [1.165, 1.54) is 11.6 Å². The van der Waals surface area contributed by atoms with E-state index in [0.717, 1.165) is 17.7 Å². The molecule has 2 heterocycles. The fourth-order valence-corrected chi connectivity index (χ4v) is 5.15. The second kappa shape index (κ2) is 11.2. The number of hydrogen-bond acceptors (Lipinski definition) is 6. The van der Waals surface area contributed by atoms with Gasteiger partial charge in [-0.15, -0.1) is 11.8 Å². The second-order valence-corrected chi connectivity index (χ2v) is 9.75. The first-order valence-corrected chi connectivity index (χ1v) is 12.3. The summed E-state index contributed by atoms with van der Waals surface area (Å²) in [5.74, 6) is 2.09. The fourth-order valence-electron chi connectivity index (χ4n) is 3.65. The van der Waals surface area contributed by atoms with Gasteiger partial charge in [0.25, 0.3) is 0 Å². The van der Waals surface area contributed by atoms with Crippen molar-refractivity contribution in [1.29, 1.82) is 0 Å². The molecule has 0 spiro atoms. The molecule has 1 atom stereocenters. The number of furan rings is 1. The molecule has 0 fully saturated rings. The van der Waals surface area contributed by atoms with Crippen molar-refractivity contribution in [2.45, 2.75) is 37.9 Å². The minimum atomic E-state index is -0.499. The fraction of sp³-hybridized carbons (Fsp3) is 0.250. The summed E-state index contributed by atoms with van der Waals surface area (Å²) in [7, 11) is 0. The van der Waals surface area contributed by atoms with E-state index in [2.05, 4.69) is 26.0 Å². The van der Waals surface area contributed by atoms with Crippen LogP contribution in [0.3, 0.4) is 0 Å². The monoisotopic (exact) mass is 476 g/mol. The Hall–Kier alpha value is -3.38. The lowest BCUT2D eigenvalue weighted by Crippen LogP contribution is -2.13. The Bertz CT molecular complexity index is 1230. The molecule has 34 heavy (non-hydrogen) atoms. The molecule has 1 unspecified atom stereocenters. The SMILES string of the molecule is CC(C)CC(SCc1ccccc1)c1c(O)cc(-c2ccc(OCc3ccoc3)cc2)oc1=O. The van der Waals surface area contributed by atoms with Gasteiger partial charge >= 0.3 is 5.63 Å². The minimum absolute atomic E-state index is 0.0299. The summed E-state index contributed by atoms with van der Waals surface area (Å²) in [6.07, 6.45) is 4.00. The molecule has 4 aromatic rings. The highest BCUT2D eigenvalue weighted by atomic mass is 32.2. The van der Waals surface area contributed by atoms with Gasteiger partial charge in [-0.3, -0.25) is 0 Å². The molecular weight excluding hydrogens is 448 g/mol. The first kappa shape index (κ1) is 23.8. The predicted octanol–water partition coefficient (Wildman–Crippen LogP) is 7.21. The van der Waals surface area contributed by atoms with Gasteiger partial charge < -0.3 is 18.7 Å². The molecule has 176 valence electrons. The highest BCUT2D eigenvalue weighted by molar-refractivity contribution is 7.98. The summed E-state index contributed by atoms with van der Waals surface area (Å²) in [5, 5.41) is 10.7. The molecule has 2 aromatic carbocycles. The molecule has 0 saturated carbocycles. The van der Waals surface area contributed by atoms with Crippen LogP contribution >= 0.6 is 11.8 Å². The third-order valence-corrected chi connectivity index (χ3v) is 6.72. The Balaban J connectivity index is 1.51. The molecule has 4 rings (SSSR count). The van der Waals surface area contributed by atoms with E-state index in [-0.39, 0.29) is 11.0 Å². The Kier molecular flexibility index (Phi) is 7.80. The maximum absolute atomic E-state index is 13.0. The normalized spacial score (nSPS) is 12.1. The molecule has 0 aliphatic carbocycles. The van der Waals surface area contributed by atoms with Crippen LogP contribution < -0.4 is 10.4 Å². The van der Waals surface area contributed by atoms with Gasteiger partial charge in [-0.1, -0.05) is 44.2 Å². The van der Waals surface area contributed by atoms with E-state index >= 15 is 0 Å². The predicted molar refractivity (Wildman–Crippen MR) is 135 cm³/mol. The number of aromatic hydroxyl groups is 1. The molecule has 0 radical (unpaired) electrons. The van der Waals surface area contributed by atoms with Gasteiger partial charge in [0, 0.05) is 28.2 Å². The Labute approximate surface area is 203 Å². The minimum Gasteiger partial charge on any atom is -0.507 e. The third kappa shape index (κ3) is 6.14. The first-order chi connectivity index (χ1) is 16.5. The average molecular weight is 477 g/mol. The maximum Gasteiger partial charge on any atom is 0.344 e. The molecule has 6 heteroatoms. The van der Waals surface area contributed by atoms with Crippen LogP contribution in [-0.4, -0.2) is 5.11 Å². The van der Waals surface area contributed by atoms with Gasteiger partial charge in [0.2, 0.25) is 0 Å². The highest BCUT2D eigenvalue weighted by Gasteiger charge is 2.24. The highest BCUT2D eigenvalue weighted by Crippen LogP contribution is 2.40. The summed E-state index contributed by atoms with van der Waals surface area (Å²) in [4.78, 5) is 13.0. The van der Waals surface area contributed by atoms with Gasteiger partial charge in [-0.05, 0) is 48.2 Å². The van der Waals surface area contributed by atoms with Crippen LogP contribution in [0.1, 0.15) is 42.2 Å². The quantitative estimate of drug-likeness (QED) is 0.261. The zero-order valence-corrected chi connectivity index (χ0v) is 20.1. The lowest BCUT2D eigenvalue weighted by molar-refractivity contribution is 0.305. The summed E-state index contributed by atoms with van der Waals surface area (Å²) < 4.78 is 16.4. The molecule has 1 N–H and O–H groups in total. The summed E-state index contributed by atoms with van der Waals surface area (Å²) in [6.45, 7) is 4.62. The van der Waals surface area contributed by atoms with Crippen molar-refractivity contribution >= 4 is 11.8 Å². The van der Waals surface area contributed by atoms with Crippen LogP contribution in [0.5, 0.6) is 11.5 Å². The van der Waals surface area contributed by atoms with Gasteiger partial charge in [0.15, 0.2) is 0 Å². The van der Waals surface area contributed by atoms with Crippen molar-refractivity contribution in [3.8, 4) is 22.8 Å². The molecule has 0 saturated heterocycles. The van der Waals surface area contributed by atoms with E-state index in [0.29, 0.717) is 35.2 Å².